The molecule has 0 atom stereocenters. The Morgan fingerprint density at radius 3 is 2.84 bits per heavy atom. The summed E-state index contributed by atoms with van der Waals surface area (Å²) in [6.07, 6.45) is 0. The number of hydrogen-bond donors (Lipinski definition) is 2. The van der Waals surface area contributed by atoms with Gasteiger partial charge in [0.2, 0.25) is 0 Å². The molecular weight excluding hydrogens is 248 g/mol. The summed E-state index contributed by atoms with van der Waals surface area (Å²) in [4.78, 5) is 27.3. The number of carbonyl (C=O) groups excluding carboxylic acids is 1. The lowest BCUT2D eigenvalue weighted by atomic mass is 10.3. The van der Waals surface area contributed by atoms with Crippen LogP contribution in [0.5, 0.6) is 0 Å². The first kappa shape index (κ1) is 13.0. The number of nitrogen functional groups attached to an aromatic ring is 1. The Morgan fingerprint density at radius 2 is 2.21 bits per heavy atom. The molecule has 0 aliphatic carbocycles. The van der Waals surface area contributed by atoms with Crippen LogP contribution in [0, 0.1) is 13.8 Å². The summed E-state index contributed by atoms with van der Waals surface area (Å²) in [6, 6.07) is 4.57. The van der Waals surface area contributed by atoms with E-state index >= 15 is 0 Å². The summed E-state index contributed by atoms with van der Waals surface area (Å²) < 4.78 is 6.77. The normalized spacial score (nSPS) is 10.5. The minimum absolute atomic E-state index is 0.100. The number of carbonyl (C=O) groups is 1. The fraction of sp³-hybridized carbons (Fsp3) is 0.250. The minimum atomic E-state index is -0.516. The molecule has 0 bridgehead atoms. The van der Waals surface area contributed by atoms with Gasteiger partial charge < -0.3 is 4.42 Å². The van der Waals surface area contributed by atoms with Crippen LogP contribution < -0.4 is 16.8 Å². The molecule has 7 nitrogen and oxygen atoms in total. The van der Waals surface area contributed by atoms with Crippen molar-refractivity contribution in [1.82, 2.24) is 15.0 Å². The van der Waals surface area contributed by atoms with Crippen LogP contribution in [0.4, 0.5) is 0 Å². The van der Waals surface area contributed by atoms with Gasteiger partial charge in [0.05, 0.1) is 6.54 Å². The number of hydrazine groups is 1. The molecule has 0 aliphatic rings. The zero-order valence-corrected chi connectivity index (χ0v) is 10.6. The largest absolute Gasteiger partial charge is 0.454 e. The Bertz CT molecular complexity index is 672. The fourth-order valence-corrected chi connectivity index (χ4v) is 1.77. The van der Waals surface area contributed by atoms with Crippen molar-refractivity contribution < 1.29 is 9.21 Å². The molecule has 0 radical (unpaired) electrons. The maximum Gasteiger partial charge on any atom is 0.300 e. The van der Waals surface area contributed by atoms with Crippen molar-refractivity contribution in [1.29, 1.82) is 0 Å². The van der Waals surface area contributed by atoms with E-state index in [-0.39, 0.29) is 17.9 Å². The number of aromatic nitrogens is 2. The highest BCUT2D eigenvalue weighted by molar-refractivity contribution is 5.90. The van der Waals surface area contributed by atoms with Gasteiger partial charge in [-0.05, 0) is 26.0 Å². The van der Waals surface area contributed by atoms with Crippen molar-refractivity contribution >= 4 is 5.91 Å². The summed E-state index contributed by atoms with van der Waals surface area (Å²) in [5.74, 6) is 5.66. The standard InChI is InChI=1S/C12H14N4O3/c1-7-5-11(17)16(8(2)14-7)6-9-3-4-10(19-9)12(18)15-13/h3-5H,6,13H2,1-2H3,(H,15,18). The summed E-state index contributed by atoms with van der Waals surface area (Å²) in [5.41, 5.74) is 2.48. The number of nitrogens with zero attached hydrogens (tertiary/aromatic N) is 2. The third kappa shape index (κ3) is 2.71. The Morgan fingerprint density at radius 1 is 1.47 bits per heavy atom. The second-order valence-corrected chi connectivity index (χ2v) is 4.11. The monoisotopic (exact) mass is 262 g/mol. The number of hydrogen-bond acceptors (Lipinski definition) is 5. The van der Waals surface area contributed by atoms with E-state index in [0.29, 0.717) is 17.3 Å². The molecule has 0 unspecified atom stereocenters. The van der Waals surface area contributed by atoms with Gasteiger partial charge in [0.1, 0.15) is 11.6 Å². The van der Waals surface area contributed by atoms with Crippen molar-refractivity contribution in [2.45, 2.75) is 20.4 Å². The van der Waals surface area contributed by atoms with Crippen LogP contribution in [-0.2, 0) is 6.54 Å². The van der Waals surface area contributed by atoms with E-state index in [1.54, 1.807) is 19.9 Å². The molecule has 7 heteroatoms. The highest BCUT2D eigenvalue weighted by Gasteiger charge is 2.11. The lowest BCUT2D eigenvalue weighted by molar-refractivity contribution is 0.0924. The van der Waals surface area contributed by atoms with Gasteiger partial charge in [-0.1, -0.05) is 0 Å². The third-order valence-corrected chi connectivity index (χ3v) is 2.66. The van der Waals surface area contributed by atoms with Crippen LogP contribution in [0.15, 0.2) is 27.4 Å². The summed E-state index contributed by atoms with van der Waals surface area (Å²) >= 11 is 0. The predicted molar refractivity (Wildman–Crippen MR) is 67.4 cm³/mol. The van der Waals surface area contributed by atoms with Crippen molar-refractivity contribution in [3.8, 4) is 0 Å². The maximum absolute atomic E-state index is 11.8. The second kappa shape index (κ2) is 5.07. The van der Waals surface area contributed by atoms with Crippen molar-refractivity contribution in [3.63, 3.8) is 0 Å². The van der Waals surface area contributed by atoms with Crippen molar-refractivity contribution in [2.24, 2.45) is 5.84 Å². The van der Waals surface area contributed by atoms with E-state index < -0.39 is 5.91 Å². The number of nitrogens with one attached hydrogen (secondary N) is 1. The van der Waals surface area contributed by atoms with Gasteiger partial charge in [-0.3, -0.25) is 19.6 Å². The van der Waals surface area contributed by atoms with E-state index in [2.05, 4.69) is 4.98 Å². The van der Waals surface area contributed by atoms with Crippen LogP contribution in [0.25, 0.3) is 0 Å². The third-order valence-electron chi connectivity index (χ3n) is 2.66. The highest BCUT2D eigenvalue weighted by atomic mass is 16.4. The first-order valence-corrected chi connectivity index (χ1v) is 5.66. The topological polar surface area (TPSA) is 103 Å². The van der Waals surface area contributed by atoms with Crippen LogP contribution in [0.2, 0.25) is 0 Å². The number of nitrogens with two attached hydrogens (primary N) is 1. The molecule has 0 aliphatic heterocycles. The lowest BCUT2D eigenvalue weighted by Crippen LogP contribution is -2.29. The number of furan rings is 1. The highest BCUT2D eigenvalue weighted by Crippen LogP contribution is 2.09. The fourth-order valence-electron chi connectivity index (χ4n) is 1.77. The SMILES string of the molecule is Cc1cc(=O)n(Cc2ccc(C(=O)NN)o2)c(C)n1. The molecule has 2 rings (SSSR count). The lowest BCUT2D eigenvalue weighted by Gasteiger charge is -2.07. The quantitative estimate of drug-likeness (QED) is 0.464. The molecule has 2 aromatic rings. The van der Waals surface area contributed by atoms with Crippen molar-refractivity contribution in [3.05, 3.63) is 51.6 Å². The smallest absolute Gasteiger partial charge is 0.300 e. The Hall–Kier alpha value is -2.41. The van der Waals surface area contributed by atoms with Crippen molar-refractivity contribution in [2.75, 3.05) is 0 Å². The number of rotatable bonds is 3. The first-order chi connectivity index (χ1) is 9.01. The van der Waals surface area contributed by atoms with E-state index in [9.17, 15) is 9.59 Å². The average molecular weight is 262 g/mol. The summed E-state index contributed by atoms with van der Waals surface area (Å²) in [5, 5.41) is 0. The summed E-state index contributed by atoms with van der Waals surface area (Å²) in [7, 11) is 0. The average Bonchev–Trinajstić information content (AvgIpc) is 2.81. The molecule has 0 saturated carbocycles. The first-order valence-electron chi connectivity index (χ1n) is 5.66. The molecule has 2 heterocycles. The molecule has 0 saturated heterocycles. The zero-order chi connectivity index (χ0) is 14.0. The van der Waals surface area contributed by atoms with E-state index in [1.165, 1.54) is 16.7 Å². The zero-order valence-electron chi connectivity index (χ0n) is 10.6. The van der Waals surface area contributed by atoms with Gasteiger partial charge >= 0.3 is 5.91 Å². The maximum atomic E-state index is 11.8. The van der Waals surface area contributed by atoms with Crippen LogP contribution >= 0.6 is 0 Å². The number of aryl methyl sites for hydroxylation is 2. The van der Waals surface area contributed by atoms with Gasteiger partial charge in [0.15, 0.2) is 5.76 Å². The molecule has 2 aromatic heterocycles. The molecular formula is C12H14N4O3. The molecule has 0 spiro atoms. The molecule has 3 N–H and O–H groups in total. The molecule has 0 aromatic carbocycles. The van der Waals surface area contributed by atoms with E-state index in [1.807, 2.05) is 5.43 Å². The molecule has 19 heavy (non-hydrogen) atoms. The van der Waals surface area contributed by atoms with E-state index in [4.69, 9.17) is 10.3 Å². The van der Waals surface area contributed by atoms with Gasteiger partial charge in [-0.25, -0.2) is 10.8 Å². The van der Waals surface area contributed by atoms with E-state index in [0.717, 1.165) is 0 Å². The van der Waals surface area contributed by atoms with Gasteiger partial charge in [-0.2, -0.15) is 0 Å². The Labute approximate surface area is 109 Å². The second-order valence-electron chi connectivity index (χ2n) is 4.11. The minimum Gasteiger partial charge on any atom is -0.454 e. The van der Waals surface area contributed by atoms with Gasteiger partial charge in [0.25, 0.3) is 5.56 Å². The molecule has 100 valence electrons. The molecule has 0 fully saturated rings. The van der Waals surface area contributed by atoms with Gasteiger partial charge in [-0.15, -0.1) is 0 Å². The Balaban J connectivity index is 2.29. The number of amides is 1. The Kier molecular flexibility index (Phi) is 3.48. The van der Waals surface area contributed by atoms with Crippen LogP contribution in [0.1, 0.15) is 27.8 Å². The van der Waals surface area contributed by atoms with Crippen LogP contribution in [0.3, 0.4) is 0 Å². The summed E-state index contributed by atoms with van der Waals surface area (Å²) in [6.45, 7) is 3.72. The van der Waals surface area contributed by atoms with Gasteiger partial charge in [0, 0.05) is 11.8 Å². The predicted octanol–water partition coefficient (Wildman–Crippen LogP) is 0.105. The van der Waals surface area contributed by atoms with Crippen LogP contribution in [-0.4, -0.2) is 15.5 Å². The molecule has 1 amide bonds.